The molecule has 0 spiro atoms. The third kappa shape index (κ3) is 5.78. The van der Waals surface area contributed by atoms with Gasteiger partial charge in [-0.1, -0.05) is 26.0 Å². The lowest BCUT2D eigenvalue weighted by Gasteiger charge is -2.32. The van der Waals surface area contributed by atoms with Crippen LogP contribution in [0.4, 0.5) is 0 Å². The second-order valence-corrected chi connectivity index (χ2v) is 12.0. The highest BCUT2D eigenvalue weighted by Crippen LogP contribution is 2.21. The molecule has 1 saturated heterocycles. The number of sulfone groups is 1. The summed E-state index contributed by atoms with van der Waals surface area (Å²) in [6.45, 7) is 7.58. The molecule has 0 unspecified atom stereocenters. The zero-order valence-electron chi connectivity index (χ0n) is 16.9. The van der Waals surface area contributed by atoms with E-state index < -0.39 is 25.1 Å². The highest BCUT2D eigenvalue weighted by atomic mass is 32.2. The molecule has 0 atom stereocenters. The molecule has 9 heteroatoms. The number of hydrogen-bond donors (Lipinski definition) is 1. The van der Waals surface area contributed by atoms with E-state index in [2.05, 4.69) is 4.72 Å². The van der Waals surface area contributed by atoms with Gasteiger partial charge in [0.15, 0.2) is 9.84 Å². The van der Waals surface area contributed by atoms with Gasteiger partial charge < -0.3 is 4.90 Å². The van der Waals surface area contributed by atoms with Gasteiger partial charge >= 0.3 is 0 Å². The van der Waals surface area contributed by atoms with Crippen LogP contribution in [0.15, 0.2) is 23.1 Å². The van der Waals surface area contributed by atoms with Crippen molar-refractivity contribution in [1.82, 2.24) is 9.62 Å². The molecule has 0 saturated carbocycles. The highest BCUT2D eigenvalue weighted by Gasteiger charge is 2.32. The zero-order valence-corrected chi connectivity index (χ0v) is 18.6. The van der Waals surface area contributed by atoms with Crippen LogP contribution < -0.4 is 4.72 Å². The molecule has 0 aliphatic carbocycles. The maximum Gasteiger partial charge on any atom is 0.241 e. The lowest BCUT2D eigenvalue weighted by atomic mass is 10.1. The normalized spacial score (nSPS) is 16.5. The van der Waals surface area contributed by atoms with Crippen molar-refractivity contribution in [2.45, 2.75) is 50.7 Å². The molecule has 1 aliphatic rings. The van der Waals surface area contributed by atoms with Crippen LogP contribution in [0, 0.1) is 19.8 Å². The quantitative estimate of drug-likeness (QED) is 0.709. The number of carbonyl (C=O) groups excluding carboxylic acids is 1. The summed E-state index contributed by atoms with van der Waals surface area (Å²) in [7, 11) is -6.95. The lowest BCUT2D eigenvalue weighted by molar-refractivity contribution is -0.130. The van der Waals surface area contributed by atoms with Crippen LogP contribution in [0.2, 0.25) is 0 Å². The smallest absolute Gasteiger partial charge is 0.241 e. The average molecular weight is 431 g/mol. The largest absolute Gasteiger partial charge is 0.341 e. The van der Waals surface area contributed by atoms with Gasteiger partial charge in [0.25, 0.3) is 0 Å². The molecule has 0 aromatic heterocycles. The van der Waals surface area contributed by atoms with Crippen molar-refractivity contribution in [3.05, 3.63) is 29.3 Å². The fourth-order valence-electron chi connectivity index (χ4n) is 3.41. The van der Waals surface area contributed by atoms with Crippen LogP contribution in [0.3, 0.4) is 0 Å². The van der Waals surface area contributed by atoms with Crippen molar-refractivity contribution in [2.75, 3.05) is 25.4 Å². The molecule has 0 radical (unpaired) electrons. The van der Waals surface area contributed by atoms with E-state index in [1.807, 2.05) is 19.9 Å². The predicted octanol–water partition coefficient (Wildman–Crippen LogP) is 1.64. The molecule has 0 bridgehead atoms. The fraction of sp³-hybridized carbons (Fsp3) is 0.632. The third-order valence-corrected chi connectivity index (χ3v) is 9.08. The minimum atomic E-state index is -3.79. The lowest BCUT2D eigenvalue weighted by Crippen LogP contribution is -2.46. The van der Waals surface area contributed by atoms with Gasteiger partial charge in [0, 0.05) is 13.1 Å². The van der Waals surface area contributed by atoms with Gasteiger partial charge in [-0.05, 0) is 49.8 Å². The van der Waals surface area contributed by atoms with Crippen molar-refractivity contribution in [3.8, 4) is 0 Å². The second-order valence-electron chi connectivity index (χ2n) is 7.90. The van der Waals surface area contributed by atoms with E-state index in [0.717, 1.165) is 5.56 Å². The second kappa shape index (κ2) is 8.92. The summed E-state index contributed by atoms with van der Waals surface area (Å²) in [6.07, 6.45) is 0.787. The molecule has 7 nitrogen and oxygen atoms in total. The van der Waals surface area contributed by atoms with Crippen LogP contribution in [-0.2, 0) is 24.7 Å². The third-order valence-electron chi connectivity index (χ3n) is 4.91. The molecule has 1 heterocycles. The Hall–Kier alpha value is -1.45. The number of nitrogens with zero attached hydrogens (tertiary/aromatic N) is 1. The predicted molar refractivity (Wildman–Crippen MR) is 109 cm³/mol. The Morgan fingerprint density at radius 2 is 1.75 bits per heavy atom. The molecule has 158 valence electrons. The molecule has 1 aromatic rings. The summed E-state index contributed by atoms with van der Waals surface area (Å²) < 4.78 is 52.1. The first-order chi connectivity index (χ1) is 12.9. The van der Waals surface area contributed by atoms with E-state index in [-0.39, 0.29) is 29.0 Å². The maximum absolute atomic E-state index is 12.5. The van der Waals surface area contributed by atoms with E-state index in [1.165, 1.54) is 4.90 Å². The van der Waals surface area contributed by atoms with Crippen molar-refractivity contribution >= 4 is 25.8 Å². The zero-order chi connectivity index (χ0) is 21.1. The Morgan fingerprint density at radius 1 is 1.14 bits per heavy atom. The van der Waals surface area contributed by atoms with Crippen molar-refractivity contribution < 1.29 is 21.6 Å². The number of hydrogen-bond acceptors (Lipinski definition) is 5. The molecule has 1 aromatic carbocycles. The topological polar surface area (TPSA) is 101 Å². The molecular formula is C19H30N2O5S2. The first kappa shape index (κ1) is 22.8. The monoisotopic (exact) mass is 430 g/mol. The number of aryl methyl sites for hydroxylation is 2. The van der Waals surface area contributed by atoms with Crippen LogP contribution in [0.5, 0.6) is 0 Å². The number of rotatable bonds is 7. The number of likely N-dealkylation sites (tertiary alicyclic amines) is 1. The highest BCUT2D eigenvalue weighted by molar-refractivity contribution is 7.92. The van der Waals surface area contributed by atoms with Crippen molar-refractivity contribution in [1.29, 1.82) is 0 Å². The van der Waals surface area contributed by atoms with Gasteiger partial charge in [-0.15, -0.1) is 0 Å². The van der Waals surface area contributed by atoms with E-state index in [4.69, 9.17) is 0 Å². The summed E-state index contributed by atoms with van der Waals surface area (Å²) in [6, 6.07) is 5.14. The number of benzene rings is 1. The minimum Gasteiger partial charge on any atom is -0.341 e. The molecule has 1 aliphatic heterocycles. The first-order valence-corrected chi connectivity index (χ1v) is 12.7. The summed E-state index contributed by atoms with van der Waals surface area (Å²) in [4.78, 5) is 14.1. The molecule has 1 N–H and O–H groups in total. The van der Waals surface area contributed by atoms with Crippen LogP contribution in [0.25, 0.3) is 0 Å². The molecule has 28 heavy (non-hydrogen) atoms. The Bertz CT molecular complexity index is 916. The molecule has 1 amide bonds. The minimum absolute atomic E-state index is 0.0733. The van der Waals surface area contributed by atoms with Gasteiger partial charge in [-0.3, -0.25) is 4.79 Å². The Balaban J connectivity index is 1.94. The molecular weight excluding hydrogens is 400 g/mol. The number of sulfonamides is 1. The average Bonchev–Trinajstić information content (AvgIpc) is 2.61. The summed E-state index contributed by atoms with van der Waals surface area (Å²) in [5, 5.41) is -0.425. The van der Waals surface area contributed by atoms with Gasteiger partial charge in [-0.2, -0.15) is 0 Å². The molecule has 1 fully saturated rings. The Labute approximate surface area is 168 Å². The van der Waals surface area contributed by atoms with E-state index in [1.54, 1.807) is 26.0 Å². The van der Waals surface area contributed by atoms with Gasteiger partial charge in [0.1, 0.15) is 0 Å². The summed E-state index contributed by atoms with van der Waals surface area (Å²) >= 11 is 0. The summed E-state index contributed by atoms with van der Waals surface area (Å²) in [5.74, 6) is -0.112. The fourth-order valence-corrected chi connectivity index (χ4v) is 6.84. The van der Waals surface area contributed by atoms with Crippen LogP contribution in [-0.4, -0.2) is 58.3 Å². The summed E-state index contributed by atoms with van der Waals surface area (Å²) in [5.41, 5.74) is 1.43. The van der Waals surface area contributed by atoms with Crippen molar-refractivity contribution in [3.63, 3.8) is 0 Å². The molecule has 2 rings (SSSR count). The van der Waals surface area contributed by atoms with E-state index in [9.17, 15) is 21.6 Å². The SMILES string of the molecule is Cc1ccc(C)c(S(=O)(=O)NCC(=O)N2CCC(S(=O)(=O)CC(C)C)CC2)c1. The maximum atomic E-state index is 12.5. The number of amides is 1. The standard InChI is InChI=1S/C19H30N2O5S2/c1-14(2)13-27(23,24)17-7-9-21(10-8-17)19(22)12-20-28(25,26)18-11-15(3)5-6-16(18)4/h5-6,11,14,17,20H,7-10,12-13H2,1-4H3. The Kier molecular flexibility index (Phi) is 7.27. The number of carbonyl (C=O) groups is 1. The van der Waals surface area contributed by atoms with E-state index >= 15 is 0 Å². The van der Waals surface area contributed by atoms with Gasteiger partial charge in [0.05, 0.1) is 22.4 Å². The Morgan fingerprint density at radius 3 is 2.32 bits per heavy atom. The van der Waals surface area contributed by atoms with Crippen LogP contribution >= 0.6 is 0 Å². The first-order valence-electron chi connectivity index (χ1n) is 9.48. The number of piperidine rings is 1. The van der Waals surface area contributed by atoms with Crippen molar-refractivity contribution in [2.24, 2.45) is 5.92 Å². The number of nitrogens with one attached hydrogen (secondary N) is 1. The van der Waals surface area contributed by atoms with E-state index in [0.29, 0.717) is 31.5 Å². The van der Waals surface area contributed by atoms with Crippen LogP contribution in [0.1, 0.15) is 37.8 Å². The van der Waals surface area contributed by atoms with Gasteiger partial charge in [0.2, 0.25) is 15.9 Å². The van der Waals surface area contributed by atoms with Gasteiger partial charge in [-0.25, -0.2) is 21.6 Å².